The molecule has 3 N–H and O–H groups in total. The molecular weight excluding hydrogens is 216 g/mol. The quantitative estimate of drug-likeness (QED) is 0.769. The zero-order valence-electron chi connectivity index (χ0n) is 11.0. The average Bonchev–Trinajstić information content (AvgIpc) is 2.19. The smallest absolute Gasteiger partial charge is 0.144 e. The molecule has 0 spiro atoms. The van der Waals surface area contributed by atoms with Crippen LogP contribution in [-0.4, -0.2) is 30.9 Å². The van der Waals surface area contributed by atoms with E-state index in [-0.39, 0.29) is 12.2 Å². The maximum atomic E-state index is 9.36. The molecule has 0 amide bonds. The van der Waals surface area contributed by atoms with Gasteiger partial charge in [0.1, 0.15) is 5.75 Å². The van der Waals surface area contributed by atoms with Crippen molar-refractivity contribution in [1.82, 2.24) is 0 Å². The molecular formula is C13H22N2O2. The second-order valence-corrected chi connectivity index (χ2v) is 4.62. The van der Waals surface area contributed by atoms with Crippen molar-refractivity contribution in [2.75, 3.05) is 24.2 Å². The number of aliphatic hydroxyl groups excluding tert-OH is 1. The molecule has 1 atom stereocenters. The van der Waals surface area contributed by atoms with Gasteiger partial charge in [0, 0.05) is 25.3 Å². The zero-order valence-corrected chi connectivity index (χ0v) is 11.0. The number of aliphatic hydroxyl groups is 1. The standard InChI is InChI=1S/C13H22N2O2/c1-9(2)17-13-7-11(5-6-12(13)14)15(4)8-10(3)16/h5-7,9-10,16H,8,14H2,1-4H3. The Morgan fingerprint density at radius 1 is 1.35 bits per heavy atom. The van der Waals surface area contributed by atoms with Gasteiger partial charge in [-0.15, -0.1) is 0 Å². The average molecular weight is 238 g/mol. The molecule has 96 valence electrons. The summed E-state index contributed by atoms with van der Waals surface area (Å²) in [6.45, 7) is 6.27. The van der Waals surface area contributed by atoms with E-state index < -0.39 is 0 Å². The normalized spacial score (nSPS) is 12.6. The van der Waals surface area contributed by atoms with Crippen LogP contribution in [0.15, 0.2) is 18.2 Å². The first-order valence-corrected chi connectivity index (χ1v) is 5.85. The molecule has 0 saturated heterocycles. The van der Waals surface area contributed by atoms with Crippen molar-refractivity contribution in [3.05, 3.63) is 18.2 Å². The van der Waals surface area contributed by atoms with Gasteiger partial charge in [-0.3, -0.25) is 0 Å². The summed E-state index contributed by atoms with van der Waals surface area (Å²) >= 11 is 0. The second kappa shape index (κ2) is 5.77. The molecule has 1 aromatic carbocycles. The minimum atomic E-state index is -0.368. The van der Waals surface area contributed by atoms with Gasteiger partial charge in [-0.25, -0.2) is 0 Å². The maximum absolute atomic E-state index is 9.36. The molecule has 1 rings (SSSR count). The number of hydrogen-bond acceptors (Lipinski definition) is 4. The molecule has 1 aromatic rings. The lowest BCUT2D eigenvalue weighted by Gasteiger charge is -2.22. The number of benzene rings is 1. The highest BCUT2D eigenvalue weighted by Gasteiger charge is 2.09. The van der Waals surface area contributed by atoms with Gasteiger partial charge in [0.15, 0.2) is 0 Å². The van der Waals surface area contributed by atoms with Crippen molar-refractivity contribution in [3.8, 4) is 5.75 Å². The molecule has 4 heteroatoms. The monoisotopic (exact) mass is 238 g/mol. The largest absolute Gasteiger partial charge is 0.489 e. The van der Waals surface area contributed by atoms with Gasteiger partial charge in [0.2, 0.25) is 0 Å². The number of rotatable bonds is 5. The molecule has 0 fully saturated rings. The lowest BCUT2D eigenvalue weighted by atomic mass is 10.2. The Bertz CT molecular complexity index is 364. The van der Waals surface area contributed by atoms with Gasteiger partial charge in [0.05, 0.1) is 17.9 Å². The highest BCUT2D eigenvalue weighted by atomic mass is 16.5. The van der Waals surface area contributed by atoms with E-state index in [2.05, 4.69) is 0 Å². The Hall–Kier alpha value is -1.42. The van der Waals surface area contributed by atoms with E-state index in [4.69, 9.17) is 10.5 Å². The van der Waals surface area contributed by atoms with Gasteiger partial charge in [0.25, 0.3) is 0 Å². The van der Waals surface area contributed by atoms with E-state index in [1.54, 1.807) is 6.92 Å². The summed E-state index contributed by atoms with van der Waals surface area (Å²) in [5, 5.41) is 9.36. The van der Waals surface area contributed by atoms with Gasteiger partial charge >= 0.3 is 0 Å². The topological polar surface area (TPSA) is 58.7 Å². The van der Waals surface area contributed by atoms with Crippen LogP contribution in [0.2, 0.25) is 0 Å². The molecule has 0 heterocycles. The molecule has 0 radical (unpaired) electrons. The van der Waals surface area contributed by atoms with E-state index >= 15 is 0 Å². The zero-order chi connectivity index (χ0) is 13.0. The van der Waals surface area contributed by atoms with Crippen LogP contribution in [0, 0.1) is 0 Å². The molecule has 17 heavy (non-hydrogen) atoms. The molecule has 4 nitrogen and oxygen atoms in total. The number of nitrogens with two attached hydrogens (primary N) is 1. The summed E-state index contributed by atoms with van der Waals surface area (Å²) in [5.41, 5.74) is 7.46. The summed E-state index contributed by atoms with van der Waals surface area (Å²) < 4.78 is 5.63. The van der Waals surface area contributed by atoms with Crippen molar-refractivity contribution in [1.29, 1.82) is 0 Å². The minimum absolute atomic E-state index is 0.0922. The van der Waals surface area contributed by atoms with Crippen molar-refractivity contribution in [3.63, 3.8) is 0 Å². The predicted octanol–water partition coefficient (Wildman–Crippen LogP) is 1.87. The summed E-state index contributed by atoms with van der Waals surface area (Å²) in [6, 6.07) is 5.65. The Labute approximate surface area is 103 Å². The first-order valence-electron chi connectivity index (χ1n) is 5.85. The Balaban J connectivity index is 2.87. The van der Waals surface area contributed by atoms with Crippen molar-refractivity contribution in [2.45, 2.75) is 33.0 Å². The van der Waals surface area contributed by atoms with E-state index in [0.29, 0.717) is 18.0 Å². The maximum Gasteiger partial charge on any atom is 0.144 e. The van der Waals surface area contributed by atoms with Crippen LogP contribution in [0.3, 0.4) is 0 Å². The van der Waals surface area contributed by atoms with Crippen LogP contribution in [0.4, 0.5) is 11.4 Å². The lowest BCUT2D eigenvalue weighted by Crippen LogP contribution is -2.26. The number of ether oxygens (including phenoxy) is 1. The Morgan fingerprint density at radius 2 is 2.00 bits per heavy atom. The third-order valence-electron chi connectivity index (χ3n) is 2.34. The van der Waals surface area contributed by atoms with Crippen LogP contribution in [0.5, 0.6) is 5.75 Å². The van der Waals surface area contributed by atoms with Gasteiger partial charge in [-0.1, -0.05) is 0 Å². The summed E-state index contributed by atoms with van der Waals surface area (Å²) in [7, 11) is 1.93. The fourth-order valence-corrected chi connectivity index (χ4v) is 1.62. The van der Waals surface area contributed by atoms with Crippen molar-refractivity contribution >= 4 is 11.4 Å². The van der Waals surface area contributed by atoms with Gasteiger partial charge in [-0.2, -0.15) is 0 Å². The highest BCUT2D eigenvalue weighted by molar-refractivity contribution is 5.62. The molecule has 0 aromatic heterocycles. The van der Waals surface area contributed by atoms with Gasteiger partial charge in [-0.05, 0) is 32.9 Å². The van der Waals surface area contributed by atoms with Crippen LogP contribution in [-0.2, 0) is 0 Å². The lowest BCUT2D eigenvalue weighted by molar-refractivity contribution is 0.201. The molecule has 1 unspecified atom stereocenters. The fourth-order valence-electron chi connectivity index (χ4n) is 1.62. The van der Waals surface area contributed by atoms with E-state index in [1.807, 2.05) is 44.0 Å². The number of hydrogen-bond donors (Lipinski definition) is 2. The minimum Gasteiger partial charge on any atom is -0.489 e. The summed E-state index contributed by atoms with van der Waals surface area (Å²) in [5.74, 6) is 0.690. The second-order valence-electron chi connectivity index (χ2n) is 4.62. The molecule has 0 saturated carbocycles. The van der Waals surface area contributed by atoms with Gasteiger partial charge < -0.3 is 20.5 Å². The first-order chi connectivity index (χ1) is 7.90. The number of likely N-dealkylation sites (N-methyl/N-ethyl adjacent to an activating group) is 1. The third-order valence-corrected chi connectivity index (χ3v) is 2.34. The SMILES string of the molecule is CC(O)CN(C)c1ccc(N)c(OC(C)C)c1. The van der Waals surface area contributed by atoms with Crippen LogP contribution < -0.4 is 15.4 Å². The Kier molecular flexibility index (Phi) is 4.63. The highest BCUT2D eigenvalue weighted by Crippen LogP contribution is 2.28. The van der Waals surface area contributed by atoms with E-state index in [1.165, 1.54) is 0 Å². The molecule has 0 bridgehead atoms. The van der Waals surface area contributed by atoms with Crippen LogP contribution in [0.25, 0.3) is 0 Å². The first kappa shape index (κ1) is 13.6. The number of anilines is 2. The molecule has 0 aliphatic rings. The van der Waals surface area contributed by atoms with Crippen LogP contribution in [0.1, 0.15) is 20.8 Å². The molecule has 0 aliphatic carbocycles. The van der Waals surface area contributed by atoms with Crippen LogP contribution >= 0.6 is 0 Å². The summed E-state index contributed by atoms with van der Waals surface area (Å²) in [4.78, 5) is 1.97. The van der Waals surface area contributed by atoms with E-state index in [9.17, 15) is 5.11 Å². The molecule has 0 aliphatic heterocycles. The van der Waals surface area contributed by atoms with Crippen molar-refractivity contribution in [2.24, 2.45) is 0 Å². The predicted molar refractivity (Wildman–Crippen MR) is 71.6 cm³/mol. The Morgan fingerprint density at radius 3 is 2.53 bits per heavy atom. The fraction of sp³-hybridized carbons (Fsp3) is 0.538. The summed E-state index contributed by atoms with van der Waals surface area (Å²) in [6.07, 6.45) is -0.276. The van der Waals surface area contributed by atoms with E-state index in [0.717, 1.165) is 5.69 Å². The number of nitrogens with zero attached hydrogens (tertiary/aromatic N) is 1. The number of nitrogen functional groups attached to an aromatic ring is 1. The van der Waals surface area contributed by atoms with Crippen molar-refractivity contribution < 1.29 is 9.84 Å². The third kappa shape index (κ3) is 4.15.